The summed E-state index contributed by atoms with van der Waals surface area (Å²) in [6.07, 6.45) is 1.76. The van der Waals surface area contributed by atoms with Crippen LogP contribution in [-0.2, 0) is 0 Å². The monoisotopic (exact) mass is 311 g/mol. The molecule has 0 aliphatic heterocycles. The average Bonchev–Trinajstić information content (AvgIpc) is 3.06. The molecule has 1 heterocycles. The first-order valence-electron chi connectivity index (χ1n) is 7.95. The first-order valence-corrected chi connectivity index (χ1v) is 7.95. The first-order chi connectivity index (χ1) is 11.8. The first kappa shape index (κ1) is 14.5. The second-order valence-corrected chi connectivity index (χ2v) is 5.78. The minimum Gasteiger partial charge on any atom is -0.435 e. The molecule has 1 aromatic heterocycles. The third-order valence-corrected chi connectivity index (χ3v) is 4.23. The van der Waals surface area contributed by atoms with Gasteiger partial charge in [-0.15, -0.1) is 0 Å². The number of benzene rings is 3. The zero-order valence-electron chi connectivity index (χ0n) is 13.5. The van der Waals surface area contributed by atoms with Gasteiger partial charge in [0.1, 0.15) is 5.69 Å². The number of hydrogen-bond donors (Lipinski definition) is 0. The van der Waals surface area contributed by atoms with Crippen LogP contribution < -0.4 is 0 Å². The highest BCUT2D eigenvalue weighted by Crippen LogP contribution is 2.37. The number of rotatable bonds is 3. The highest BCUT2D eigenvalue weighted by atomic mass is 16.4. The van der Waals surface area contributed by atoms with Crippen LogP contribution in [0.25, 0.3) is 39.6 Å². The zero-order chi connectivity index (χ0) is 16.5. The number of hydrogen-bond acceptors (Lipinski definition) is 2. The van der Waals surface area contributed by atoms with Crippen LogP contribution in [-0.4, -0.2) is 4.98 Å². The van der Waals surface area contributed by atoms with Gasteiger partial charge >= 0.3 is 0 Å². The molecule has 0 N–H and O–H groups in total. The summed E-state index contributed by atoms with van der Waals surface area (Å²) in [5.74, 6) is 1.39. The molecule has 2 nitrogen and oxygen atoms in total. The Kier molecular flexibility index (Phi) is 3.51. The Morgan fingerprint density at radius 1 is 0.917 bits per heavy atom. The number of aromatic nitrogens is 1. The van der Waals surface area contributed by atoms with Gasteiger partial charge in [-0.25, -0.2) is 4.98 Å². The van der Waals surface area contributed by atoms with E-state index in [2.05, 4.69) is 42.8 Å². The van der Waals surface area contributed by atoms with Gasteiger partial charge in [0, 0.05) is 11.1 Å². The van der Waals surface area contributed by atoms with Gasteiger partial charge in [0.25, 0.3) is 0 Å². The van der Waals surface area contributed by atoms with Gasteiger partial charge in [0.2, 0.25) is 5.89 Å². The third kappa shape index (κ3) is 2.33. The van der Waals surface area contributed by atoms with Crippen molar-refractivity contribution in [1.82, 2.24) is 4.98 Å². The molecule has 0 fully saturated rings. The fourth-order valence-electron chi connectivity index (χ4n) is 3.04. The molecule has 116 valence electrons. The SMILES string of the molecule is C=Cc1nc(-c2ccccc2)oc1-c1c(C)ccc2ccccc12. The van der Waals surface area contributed by atoms with Gasteiger partial charge in [-0.05, 0) is 41.5 Å². The smallest absolute Gasteiger partial charge is 0.227 e. The Bertz CT molecular complexity index is 1030. The molecule has 0 amide bonds. The van der Waals surface area contributed by atoms with E-state index in [-0.39, 0.29) is 0 Å². The van der Waals surface area contributed by atoms with Crippen molar-refractivity contribution in [2.75, 3.05) is 0 Å². The maximum atomic E-state index is 6.18. The molecule has 2 heteroatoms. The standard InChI is InChI=1S/C22H17NO/c1-3-19-21(24-22(23-19)17-10-5-4-6-11-17)20-15(2)13-14-16-9-7-8-12-18(16)20/h3-14H,1H2,2H3. The summed E-state index contributed by atoms with van der Waals surface area (Å²) in [6.45, 7) is 6.01. The highest BCUT2D eigenvalue weighted by molar-refractivity contribution is 5.98. The van der Waals surface area contributed by atoms with Crippen molar-refractivity contribution in [3.63, 3.8) is 0 Å². The van der Waals surface area contributed by atoms with Gasteiger partial charge in [0.15, 0.2) is 5.76 Å². The summed E-state index contributed by atoms with van der Waals surface area (Å²) in [5, 5.41) is 2.35. The topological polar surface area (TPSA) is 26.0 Å². The number of nitrogens with zero attached hydrogens (tertiary/aromatic N) is 1. The Labute approximate surface area is 141 Å². The molecule has 0 bridgehead atoms. The molecule has 4 aromatic rings. The Morgan fingerprint density at radius 3 is 2.46 bits per heavy atom. The Hall–Kier alpha value is -3.13. The van der Waals surface area contributed by atoms with Crippen LogP contribution in [0.1, 0.15) is 11.3 Å². The van der Waals surface area contributed by atoms with Crippen LogP contribution in [0.2, 0.25) is 0 Å². The predicted molar refractivity (Wildman–Crippen MR) is 99.7 cm³/mol. The van der Waals surface area contributed by atoms with E-state index in [4.69, 9.17) is 4.42 Å². The molecule has 0 saturated carbocycles. The highest BCUT2D eigenvalue weighted by Gasteiger charge is 2.18. The van der Waals surface area contributed by atoms with Crippen molar-refractivity contribution in [1.29, 1.82) is 0 Å². The van der Waals surface area contributed by atoms with E-state index in [9.17, 15) is 0 Å². The van der Waals surface area contributed by atoms with Crippen LogP contribution in [0.5, 0.6) is 0 Å². The minimum atomic E-state index is 0.618. The second-order valence-electron chi connectivity index (χ2n) is 5.78. The van der Waals surface area contributed by atoms with Crippen molar-refractivity contribution in [2.45, 2.75) is 6.92 Å². The lowest BCUT2D eigenvalue weighted by Gasteiger charge is -2.08. The van der Waals surface area contributed by atoms with E-state index < -0.39 is 0 Å². The lowest BCUT2D eigenvalue weighted by Crippen LogP contribution is -1.87. The maximum absolute atomic E-state index is 6.18. The van der Waals surface area contributed by atoms with Crippen molar-refractivity contribution in [3.8, 4) is 22.8 Å². The quantitative estimate of drug-likeness (QED) is 0.456. The molecular weight excluding hydrogens is 294 g/mol. The number of aryl methyl sites for hydroxylation is 1. The fourth-order valence-corrected chi connectivity index (χ4v) is 3.04. The molecule has 4 rings (SSSR count). The molecule has 3 aromatic carbocycles. The van der Waals surface area contributed by atoms with Gasteiger partial charge in [0.05, 0.1) is 0 Å². The van der Waals surface area contributed by atoms with E-state index in [0.29, 0.717) is 5.89 Å². The summed E-state index contributed by atoms with van der Waals surface area (Å²) in [6, 6.07) is 22.5. The van der Waals surface area contributed by atoms with Crippen LogP contribution in [0.4, 0.5) is 0 Å². The molecule has 0 unspecified atom stereocenters. The molecular formula is C22H17NO. The average molecular weight is 311 g/mol. The van der Waals surface area contributed by atoms with Crippen LogP contribution in [0.15, 0.2) is 77.7 Å². The summed E-state index contributed by atoms with van der Waals surface area (Å²) in [4.78, 5) is 4.64. The molecule has 24 heavy (non-hydrogen) atoms. The van der Waals surface area contributed by atoms with E-state index in [1.54, 1.807) is 6.08 Å². The zero-order valence-corrected chi connectivity index (χ0v) is 13.5. The summed E-state index contributed by atoms with van der Waals surface area (Å²) in [7, 11) is 0. The van der Waals surface area contributed by atoms with Crippen molar-refractivity contribution in [2.24, 2.45) is 0 Å². The summed E-state index contributed by atoms with van der Waals surface area (Å²) < 4.78 is 6.18. The normalized spacial score (nSPS) is 10.9. The molecule has 0 aliphatic carbocycles. The lowest BCUT2D eigenvalue weighted by molar-refractivity contribution is 0.589. The van der Waals surface area contributed by atoms with Gasteiger partial charge in [-0.1, -0.05) is 61.2 Å². The Balaban J connectivity index is 1.99. The Morgan fingerprint density at radius 2 is 1.67 bits per heavy atom. The molecule has 0 saturated heterocycles. The van der Waals surface area contributed by atoms with Crippen LogP contribution in [0.3, 0.4) is 0 Å². The lowest BCUT2D eigenvalue weighted by atomic mass is 9.97. The summed E-state index contributed by atoms with van der Waals surface area (Å²) in [5.41, 5.74) is 3.98. The van der Waals surface area contributed by atoms with Crippen molar-refractivity contribution >= 4 is 16.8 Å². The molecule has 0 aliphatic rings. The minimum absolute atomic E-state index is 0.618. The van der Waals surface area contributed by atoms with Crippen LogP contribution in [0, 0.1) is 6.92 Å². The van der Waals surface area contributed by atoms with Gasteiger partial charge in [-0.2, -0.15) is 0 Å². The predicted octanol–water partition coefficient (Wildman–Crippen LogP) is 6.11. The van der Waals surface area contributed by atoms with Crippen molar-refractivity contribution < 1.29 is 4.42 Å². The van der Waals surface area contributed by atoms with E-state index in [1.165, 1.54) is 5.39 Å². The number of oxazole rings is 1. The molecule has 0 atom stereocenters. The van der Waals surface area contributed by atoms with Crippen LogP contribution >= 0.6 is 0 Å². The summed E-state index contributed by atoms with van der Waals surface area (Å²) >= 11 is 0. The van der Waals surface area contributed by atoms with E-state index in [0.717, 1.165) is 33.5 Å². The largest absolute Gasteiger partial charge is 0.435 e. The molecule has 0 spiro atoms. The maximum Gasteiger partial charge on any atom is 0.227 e. The fraction of sp³-hybridized carbons (Fsp3) is 0.0455. The van der Waals surface area contributed by atoms with Gasteiger partial charge in [-0.3, -0.25) is 0 Å². The number of fused-ring (bicyclic) bond motifs is 1. The van der Waals surface area contributed by atoms with Crippen molar-refractivity contribution in [3.05, 3.63) is 84.6 Å². The molecule has 0 radical (unpaired) electrons. The van der Waals surface area contributed by atoms with E-state index in [1.807, 2.05) is 42.5 Å². The third-order valence-electron chi connectivity index (χ3n) is 4.23. The second kappa shape index (κ2) is 5.82. The van der Waals surface area contributed by atoms with Gasteiger partial charge < -0.3 is 4.42 Å². The van der Waals surface area contributed by atoms with E-state index >= 15 is 0 Å².